The van der Waals surface area contributed by atoms with Gasteiger partial charge in [-0.3, -0.25) is 4.79 Å². The molecule has 0 saturated heterocycles. The highest BCUT2D eigenvalue weighted by Gasteiger charge is 2.14. The third-order valence-electron chi connectivity index (χ3n) is 2.02. The molecule has 0 unspecified atom stereocenters. The van der Waals surface area contributed by atoms with Gasteiger partial charge in [-0.2, -0.15) is 4.31 Å². The Morgan fingerprint density at radius 3 is 2.59 bits per heavy atom. The lowest BCUT2D eigenvalue weighted by molar-refractivity contribution is 0.0694. The second kappa shape index (κ2) is 4.63. The van der Waals surface area contributed by atoms with Crippen LogP contribution in [0.15, 0.2) is 11.0 Å². The Morgan fingerprint density at radius 2 is 2.18 bits per heavy atom. The summed E-state index contributed by atoms with van der Waals surface area (Å²) in [5, 5.41) is 8.60. The molecule has 94 valence electrons. The molecule has 0 bridgehead atoms. The average Bonchev–Trinajstić information content (AvgIpc) is 2.15. The van der Waals surface area contributed by atoms with Gasteiger partial charge in [0.15, 0.2) is 0 Å². The van der Waals surface area contributed by atoms with Crippen LogP contribution in [-0.2, 0) is 16.6 Å². The summed E-state index contributed by atoms with van der Waals surface area (Å²) >= 11 is 0. The number of carbonyl (C=O) groups is 1. The molecule has 0 amide bonds. The van der Waals surface area contributed by atoms with Crippen molar-refractivity contribution in [3.63, 3.8) is 0 Å². The zero-order valence-corrected chi connectivity index (χ0v) is 9.98. The Morgan fingerprint density at radius 1 is 1.59 bits per heavy atom. The lowest BCUT2D eigenvalue weighted by atomic mass is 10.3. The van der Waals surface area contributed by atoms with Gasteiger partial charge in [0, 0.05) is 13.2 Å². The molecule has 1 aromatic rings. The normalized spacial score (nSPS) is 11.7. The van der Waals surface area contributed by atoms with Crippen molar-refractivity contribution in [1.82, 2.24) is 14.3 Å². The van der Waals surface area contributed by atoms with E-state index in [0.29, 0.717) is 0 Å². The molecule has 0 saturated carbocycles. The first kappa shape index (κ1) is 13.3. The standard InChI is InChI=1S/C8H11N3O5S/c1-11(17(2,15)16)4-6-9-3-5(8(13)14)7(12)10-6/h3H,4H2,1-2H3,(H,13,14)(H,9,10,12). The molecule has 0 fully saturated rings. The largest absolute Gasteiger partial charge is 0.477 e. The first-order chi connectivity index (χ1) is 7.71. The van der Waals surface area contributed by atoms with Crippen LogP contribution in [0.25, 0.3) is 0 Å². The van der Waals surface area contributed by atoms with Gasteiger partial charge >= 0.3 is 5.97 Å². The number of hydrogen-bond donors (Lipinski definition) is 2. The number of sulfonamides is 1. The van der Waals surface area contributed by atoms with Crippen molar-refractivity contribution in [1.29, 1.82) is 0 Å². The summed E-state index contributed by atoms with van der Waals surface area (Å²) in [6, 6.07) is 0. The second-order valence-corrected chi connectivity index (χ2v) is 5.49. The first-order valence-electron chi connectivity index (χ1n) is 4.44. The van der Waals surface area contributed by atoms with Crippen LogP contribution in [0.1, 0.15) is 16.2 Å². The van der Waals surface area contributed by atoms with Gasteiger partial charge in [0.2, 0.25) is 10.0 Å². The number of aromatic amines is 1. The van der Waals surface area contributed by atoms with Gasteiger partial charge in [-0.1, -0.05) is 0 Å². The number of nitrogens with one attached hydrogen (secondary N) is 1. The molecule has 0 aliphatic rings. The second-order valence-electron chi connectivity index (χ2n) is 3.40. The fourth-order valence-corrected chi connectivity index (χ4v) is 1.35. The predicted octanol–water partition coefficient (Wildman–Crippen LogP) is -1.14. The van der Waals surface area contributed by atoms with Crippen molar-refractivity contribution in [2.45, 2.75) is 6.54 Å². The van der Waals surface area contributed by atoms with E-state index >= 15 is 0 Å². The van der Waals surface area contributed by atoms with Crippen LogP contribution < -0.4 is 5.56 Å². The maximum Gasteiger partial charge on any atom is 0.342 e. The summed E-state index contributed by atoms with van der Waals surface area (Å²) < 4.78 is 23.2. The van der Waals surface area contributed by atoms with Crippen LogP contribution in [0.3, 0.4) is 0 Å². The van der Waals surface area contributed by atoms with Crippen LogP contribution in [0.4, 0.5) is 0 Å². The molecule has 1 heterocycles. The molecule has 0 aliphatic carbocycles. The highest BCUT2D eigenvalue weighted by molar-refractivity contribution is 7.88. The van der Waals surface area contributed by atoms with E-state index in [0.717, 1.165) is 16.8 Å². The molecule has 17 heavy (non-hydrogen) atoms. The quantitative estimate of drug-likeness (QED) is 0.706. The summed E-state index contributed by atoms with van der Waals surface area (Å²) in [4.78, 5) is 27.7. The van der Waals surface area contributed by atoms with Crippen molar-refractivity contribution < 1.29 is 18.3 Å². The SMILES string of the molecule is CN(Cc1ncc(C(=O)O)c(=O)[nH]1)S(C)(=O)=O. The number of carboxylic acid groups (broad SMARTS) is 1. The lowest BCUT2D eigenvalue weighted by Gasteiger charge is -2.12. The van der Waals surface area contributed by atoms with Gasteiger partial charge in [0.1, 0.15) is 11.4 Å². The average molecular weight is 261 g/mol. The molecule has 0 radical (unpaired) electrons. The van der Waals surface area contributed by atoms with Crippen LogP contribution >= 0.6 is 0 Å². The highest BCUT2D eigenvalue weighted by Crippen LogP contribution is 1.99. The number of H-pyrrole nitrogens is 1. The van der Waals surface area contributed by atoms with Crippen molar-refractivity contribution >= 4 is 16.0 Å². The van der Waals surface area contributed by atoms with Crippen LogP contribution in [0, 0.1) is 0 Å². The van der Waals surface area contributed by atoms with Gasteiger partial charge < -0.3 is 10.1 Å². The predicted molar refractivity (Wildman–Crippen MR) is 58.1 cm³/mol. The van der Waals surface area contributed by atoms with Crippen molar-refractivity contribution in [3.05, 3.63) is 27.9 Å². The van der Waals surface area contributed by atoms with E-state index in [9.17, 15) is 18.0 Å². The molecule has 0 aliphatic heterocycles. The van der Waals surface area contributed by atoms with Gasteiger partial charge in [-0.15, -0.1) is 0 Å². The Balaban J connectivity index is 3.00. The van der Waals surface area contributed by atoms with Gasteiger partial charge in [-0.05, 0) is 0 Å². The van der Waals surface area contributed by atoms with Gasteiger partial charge in [0.05, 0.1) is 12.8 Å². The van der Waals surface area contributed by atoms with E-state index in [-0.39, 0.29) is 12.4 Å². The smallest absolute Gasteiger partial charge is 0.342 e. The Labute approximate surface area is 97.0 Å². The molecule has 1 rings (SSSR count). The number of aromatic nitrogens is 2. The summed E-state index contributed by atoms with van der Waals surface area (Å²) in [6.45, 7) is -0.131. The van der Waals surface area contributed by atoms with Crippen LogP contribution in [0.5, 0.6) is 0 Å². The Bertz CT molecular complexity index is 591. The molecule has 0 spiro atoms. The maximum atomic E-state index is 11.3. The maximum absolute atomic E-state index is 11.3. The molecule has 9 heteroatoms. The fourth-order valence-electron chi connectivity index (χ4n) is 0.993. The third kappa shape index (κ3) is 3.36. The molecular weight excluding hydrogens is 250 g/mol. The summed E-state index contributed by atoms with van der Waals surface area (Å²) in [5.74, 6) is -1.31. The number of carboxylic acids is 1. The van der Waals surface area contributed by atoms with Crippen LogP contribution in [-0.4, -0.2) is 47.1 Å². The van der Waals surface area contributed by atoms with Crippen molar-refractivity contribution in [2.24, 2.45) is 0 Å². The third-order valence-corrected chi connectivity index (χ3v) is 3.28. The number of hydrogen-bond acceptors (Lipinski definition) is 5. The van der Waals surface area contributed by atoms with E-state index in [4.69, 9.17) is 5.11 Å². The molecular formula is C8H11N3O5S. The zero-order valence-electron chi connectivity index (χ0n) is 9.17. The Hall–Kier alpha value is -1.74. The molecule has 0 aromatic carbocycles. The number of rotatable bonds is 4. The van der Waals surface area contributed by atoms with E-state index in [1.54, 1.807) is 0 Å². The van der Waals surface area contributed by atoms with E-state index in [1.807, 2.05) is 0 Å². The van der Waals surface area contributed by atoms with E-state index in [1.165, 1.54) is 7.05 Å². The highest BCUT2D eigenvalue weighted by atomic mass is 32.2. The summed E-state index contributed by atoms with van der Waals surface area (Å²) in [5.41, 5.74) is -1.31. The number of nitrogens with zero attached hydrogens (tertiary/aromatic N) is 2. The van der Waals surface area contributed by atoms with Gasteiger partial charge in [0.25, 0.3) is 5.56 Å². The summed E-state index contributed by atoms with van der Waals surface area (Å²) in [6.07, 6.45) is 1.91. The minimum Gasteiger partial charge on any atom is -0.477 e. The monoisotopic (exact) mass is 261 g/mol. The first-order valence-corrected chi connectivity index (χ1v) is 6.29. The fraction of sp³-hybridized carbons (Fsp3) is 0.375. The van der Waals surface area contributed by atoms with E-state index < -0.39 is 27.1 Å². The minimum absolute atomic E-state index is 0.0768. The number of aromatic carboxylic acids is 1. The lowest BCUT2D eigenvalue weighted by Crippen LogP contribution is -2.28. The molecule has 0 atom stereocenters. The zero-order chi connectivity index (χ0) is 13.2. The summed E-state index contributed by atoms with van der Waals surface area (Å²) in [7, 11) is -2.07. The topological polar surface area (TPSA) is 120 Å². The Kier molecular flexibility index (Phi) is 3.63. The van der Waals surface area contributed by atoms with Gasteiger partial charge in [-0.25, -0.2) is 18.2 Å². The van der Waals surface area contributed by atoms with Crippen LogP contribution in [0.2, 0.25) is 0 Å². The minimum atomic E-state index is -3.39. The van der Waals surface area contributed by atoms with E-state index in [2.05, 4.69) is 9.97 Å². The van der Waals surface area contributed by atoms with Crippen molar-refractivity contribution in [3.8, 4) is 0 Å². The molecule has 1 aromatic heterocycles. The molecule has 8 nitrogen and oxygen atoms in total. The van der Waals surface area contributed by atoms with Crippen molar-refractivity contribution in [2.75, 3.05) is 13.3 Å². The molecule has 2 N–H and O–H groups in total.